The van der Waals surface area contributed by atoms with Gasteiger partial charge in [-0.2, -0.15) is 18.4 Å². The lowest BCUT2D eigenvalue weighted by Gasteiger charge is -2.18. The Hall–Kier alpha value is -2.07. The number of halogens is 3. The van der Waals surface area contributed by atoms with Gasteiger partial charge in [-0.05, 0) is 19.2 Å². The predicted octanol–water partition coefficient (Wildman–Crippen LogP) is 1.99. The van der Waals surface area contributed by atoms with Gasteiger partial charge in [0.2, 0.25) is 5.91 Å². The number of hydrogen-bond donors (Lipinski definition) is 1. The maximum Gasteiger partial charge on any atom is 0.401 e. The van der Waals surface area contributed by atoms with Gasteiger partial charge in [-0.3, -0.25) is 9.69 Å². The minimum atomic E-state index is -4.35. The van der Waals surface area contributed by atoms with E-state index in [0.717, 1.165) is 4.90 Å². The molecule has 1 aromatic rings. The number of carbonyl (C=O) groups excluding carboxylic acids is 1. The number of benzene rings is 1. The molecule has 1 rings (SSSR count). The number of para-hydroxylation sites is 1. The summed E-state index contributed by atoms with van der Waals surface area (Å²) < 4.78 is 36.3. The van der Waals surface area contributed by atoms with E-state index in [4.69, 9.17) is 5.26 Å². The van der Waals surface area contributed by atoms with E-state index in [2.05, 4.69) is 5.32 Å². The summed E-state index contributed by atoms with van der Waals surface area (Å²) in [7, 11) is 1.20. The van der Waals surface area contributed by atoms with Crippen molar-refractivity contribution in [2.75, 3.05) is 25.5 Å². The second-order valence-corrected chi connectivity index (χ2v) is 3.99. The van der Waals surface area contributed by atoms with Crippen molar-refractivity contribution < 1.29 is 18.0 Å². The molecule has 1 aromatic carbocycles. The third-order valence-corrected chi connectivity index (χ3v) is 2.18. The van der Waals surface area contributed by atoms with Crippen LogP contribution in [-0.4, -0.2) is 37.1 Å². The van der Waals surface area contributed by atoms with Crippen LogP contribution in [0.2, 0.25) is 0 Å². The number of nitriles is 1. The van der Waals surface area contributed by atoms with Gasteiger partial charge in [-0.15, -0.1) is 0 Å². The van der Waals surface area contributed by atoms with Gasteiger partial charge in [-0.1, -0.05) is 12.1 Å². The van der Waals surface area contributed by atoms with Crippen LogP contribution in [0, 0.1) is 11.3 Å². The van der Waals surface area contributed by atoms with Crippen LogP contribution in [-0.2, 0) is 4.79 Å². The Morgan fingerprint density at radius 1 is 1.42 bits per heavy atom. The smallest absolute Gasteiger partial charge is 0.324 e. The Balaban J connectivity index is 2.59. The summed E-state index contributed by atoms with van der Waals surface area (Å²) in [4.78, 5) is 12.4. The average Bonchev–Trinajstić information content (AvgIpc) is 2.26. The van der Waals surface area contributed by atoms with Crippen LogP contribution in [0.4, 0.5) is 18.9 Å². The van der Waals surface area contributed by atoms with Crippen molar-refractivity contribution in [2.24, 2.45) is 0 Å². The Kier molecular flexibility index (Phi) is 4.89. The highest BCUT2D eigenvalue weighted by Crippen LogP contribution is 2.16. The van der Waals surface area contributed by atoms with Crippen LogP contribution in [0.25, 0.3) is 0 Å². The summed E-state index contributed by atoms with van der Waals surface area (Å²) in [5.41, 5.74) is 0.546. The number of hydrogen-bond acceptors (Lipinski definition) is 3. The molecular weight excluding hydrogens is 259 g/mol. The molecule has 0 fully saturated rings. The molecule has 4 nitrogen and oxygen atoms in total. The molecule has 102 valence electrons. The molecule has 0 spiro atoms. The zero-order chi connectivity index (χ0) is 14.5. The lowest BCUT2D eigenvalue weighted by Crippen LogP contribution is -2.36. The van der Waals surface area contributed by atoms with Crippen molar-refractivity contribution in [3.8, 4) is 6.07 Å². The molecule has 7 heteroatoms. The number of nitrogens with one attached hydrogen (secondary N) is 1. The molecule has 0 radical (unpaired) electrons. The van der Waals surface area contributed by atoms with Crippen LogP contribution < -0.4 is 5.32 Å². The van der Waals surface area contributed by atoms with Gasteiger partial charge in [0.15, 0.2) is 0 Å². The monoisotopic (exact) mass is 271 g/mol. The zero-order valence-electron chi connectivity index (χ0n) is 10.2. The van der Waals surface area contributed by atoms with Crippen molar-refractivity contribution >= 4 is 11.6 Å². The van der Waals surface area contributed by atoms with Gasteiger partial charge in [0.05, 0.1) is 24.3 Å². The van der Waals surface area contributed by atoms with Crippen molar-refractivity contribution in [3.05, 3.63) is 29.8 Å². The van der Waals surface area contributed by atoms with E-state index in [0.29, 0.717) is 0 Å². The van der Waals surface area contributed by atoms with Crippen LogP contribution >= 0.6 is 0 Å². The first-order chi connectivity index (χ1) is 8.81. The number of nitrogens with zero attached hydrogens (tertiary/aromatic N) is 2. The molecule has 0 saturated heterocycles. The van der Waals surface area contributed by atoms with Crippen LogP contribution in [0.15, 0.2) is 24.3 Å². The molecule has 1 amide bonds. The van der Waals surface area contributed by atoms with Crippen LogP contribution in [0.1, 0.15) is 5.56 Å². The molecule has 0 heterocycles. The molecule has 0 aliphatic carbocycles. The molecule has 19 heavy (non-hydrogen) atoms. The molecular formula is C12H12F3N3O. The van der Waals surface area contributed by atoms with Crippen molar-refractivity contribution in [1.82, 2.24) is 4.90 Å². The fraction of sp³-hybridized carbons (Fsp3) is 0.333. The predicted molar refractivity (Wildman–Crippen MR) is 63.3 cm³/mol. The quantitative estimate of drug-likeness (QED) is 0.911. The van der Waals surface area contributed by atoms with Gasteiger partial charge >= 0.3 is 6.18 Å². The van der Waals surface area contributed by atoms with Gasteiger partial charge in [0, 0.05) is 0 Å². The SMILES string of the molecule is CN(CC(=O)Nc1ccccc1C#N)CC(F)(F)F. The molecule has 0 bridgehead atoms. The van der Waals surface area contributed by atoms with Gasteiger partial charge in [-0.25, -0.2) is 0 Å². The number of rotatable bonds is 4. The standard InChI is InChI=1S/C12H12F3N3O/c1-18(8-12(13,14)15)7-11(19)17-10-5-3-2-4-9(10)6-16/h2-5H,7-8H2,1H3,(H,17,19). The average molecular weight is 271 g/mol. The van der Waals surface area contributed by atoms with E-state index in [9.17, 15) is 18.0 Å². The van der Waals surface area contributed by atoms with Crippen LogP contribution in [0.3, 0.4) is 0 Å². The topological polar surface area (TPSA) is 56.1 Å². The maximum absolute atomic E-state index is 12.1. The highest BCUT2D eigenvalue weighted by Gasteiger charge is 2.29. The number of alkyl halides is 3. The number of carbonyl (C=O) groups is 1. The lowest BCUT2D eigenvalue weighted by atomic mass is 10.2. The highest BCUT2D eigenvalue weighted by molar-refractivity contribution is 5.93. The first-order valence-corrected chi connectivity index (χ1v) is 5.36. The van der Waals surface area contributed by atoms with Gasteiger partial charge in [0.1, 0.15) is 6.07 Å². The van der Waals surface area contributed by atoms with Crippen molar-refractivity contribution in [2.45, 2.75) is 6.18 Å². The number of anilines is 1. The molecule has 1 N–H and O–H groups in total. The second-order valence-electron chi connectivity index (χ2n) is 3.99. The maximum atomic E-state index is 12.1. The fourth-order valence-electron chi connectivity index (χ4n) is 1.49. The minimum Gasteiger partial charge on any atom is -0.324 e. The number of amides is 1. The van der Waals surface area contributed by atoms with Crippen molar-refractivity contribution in [1.29, 1.82) is 5.26 Å². The van der Waals surface area contributed by atoms with E-state index in [1.54, 1.807) is 12.1 Å². The Morgan fingerprint density at radius 2 is 2.05 bits per heavy atom. The second kappa shape index (κ2) is 6.20. The van der Waals surface area contributed by atoms with Crippen LogP contribution in [0.5, 0.6) is 0 Å². The summed E-state index contributed by atoms with van der Waals surface area (Å²) >= 11 is 0. The Morgan fingerprint density at radius 3 is 2.63 bits per heavy atom. The van der Waals surface area contributed by atoms with E-state index in [1.807, 2.05) is 6.07 Å². The largest absolute Gasteiger partial charge is 0.401 e. The molecule has 0 aliphatic rings. The molecule has 0 unspecified atom stereocenters. The van der Waals surface area contributed by atoms with Gasteiger partial charge in [0.25, 0.3) is 0 Å². The van der Waals surface area contributed by atoms with E-state index in [1.165, 1.54) is 19.2 Å². The van der Waals surface area contributed by atoms with Gasteiger partial charge < -0.3 is 5.32 Å². The lowest BCUT2D eigenvalue weighted by molar-refractivity contribution is -0.145. The normalized spacial score (nSPS) is 11.2. The Labute approximate surface area is 108 Å². The highest BCUT2D eigenvalue weighted by atomic mass is 19.4. The first-order valence-electron chi connectivity index (χ1n) is 5.36. The summed E-state index contributed by atoms with van der Waals surface area (Å²) in [6.45, 7) is -1.57. The van der Waals surface area contributed by atoms with E-state index in [-0.39, 0.29) is 11.3 Å². The minimum absolute atomic E-state index is 0.259. The zero-order valence-corrected chi connectivity index (χ0v) is 10.2. The Bertz CT molecular complexity index is 494. The molecule has 0 saturated carbocycles. The van der Waals surface area contributed by atoms with Crippen molar-refractivity contribution in [3.63, 3.8) is 0 Å². The summed E-state index contributed by atoms with van der Waals surface area (Å²) in [6, 6.07) is 8.16. The number of likely N-dealkylation sites (N-methyl/N-ethyl adjacent to an activating group) is 1. The third kappa shape index (κ3) is 5.40. The summed E-state index contributed by atoms with van der Waals surface area (Å²) in [5, 5.41) is 11.2. The summed E-state index contributed by atoms with van der Waals surface area (Å²) in [6.07, 6.45) is -4.35. The molecule has 0 aromatic heterocycles. The summed E-state index contributed by atoms with van der Waals surface area (Å²) in [5.74, 6) is -0.602. The van der Waals surface area contributed by atoms with E-state index < -0.39 is 25.2 Å². The molecule has 0 atom stereocenters. The molecule has 0 aliphatic heterocycles. The first kappa shape index (κ1) is 15.0. The van der Waals surface area contributed by atoms with E-state index >= 15 is 0 Å². The third-order valence-electron chi connectivity index (χ3n) is 2.18. The fourth-order valence-corrected chi connectivity index (χ4v) is 1.49.